The van der Waals surface area contributed by atoms with Gasteiger partial charge >= 0.3 is 0 Å². The first-order chi connectivity index (χ1) is 8.75. The Balaban J connectivity index is 2.14. The number of likely N-dealkylation sites (tertiary alicyclic amines) is 1. The fourth-order valence-corrected chi connectivity index (χ4v) is 4.36. The highest BCUT2D eigenvalue weighted by Gasteiger charge is 2.43. The number of nitrogens with one attached hydrogen (secondary N) is 1. The Morgan fingerprint density at radius 3 is 2.32 bits per heavy atom. The third-order valence-electron chi connectivity index (χ3n) is 5.78. The topological polar surface area (TPSA) is 15.3 Å². The summed E-state index contributed by atoms with van der Waals surface area (Å²) < 4.78 is 0. The highest BCUT2D eigenvalue weighted by molar-refractivity contribution is 5.00. The molecule has 2 rings (SSSR count). The lowest BCUT2D eigenvalue weighted by Gasteiger charge is -2.49. The number of rotatable bonds is 2. The zero-order valence-corrected chi connectivity index (χ0v) is 13.9. The molecule has 2 heteroatoms. The Morgan fingerprint density at radius 2 is 1.84 bits per heavy atom. The van der Waals surface area contributed by atoms with Crippen molar-refractivity contribution in [1.82, 2.24) is 10.2 Å². The minimum atomic E-state index is 0.402. The van der Waals surface area contributed by atoms with Gasteiger partial charge in [0.05, 0.1) is 0 Å². The summed E-state index contributed by atoms with van der Waals surface area (Å²) in [4.78, 5) is 2.81. The smallest absolute Gasteiger partial charge is 0.0257 e. The van der Waals surface area contributed by atoms with Gasteiger partial charge in [-0.25, -0.2) is 0 Å². The maximum Gasteiger partial charge on any atom is 0.0257 e. The van der Waals surface area contributed by atoms with E-state index >= 15 is 0 Å². The van der Waals surface area contributed by atoms with Crippen LogP contribution in [0.5, 0.6) is 0 Å². The van der Waals surface area contributed by atoms with Gasteiger partial charge in [0.15, 0.2) is 0 Å². The fraction of sp³-hybridized carbons (Fsp3) is 1.00. The predicted octanol–water partition coefficient (Wildman–Crippen LogP) is 3.66. The van der Waals surface area contributed by atoms with E-state index in [2.05, 4.69) is 51.9 Å². The molecule has 0 spiro atoms. The highest BCUT2D eigenvalue weighted by Crippen LogP contribution is 2.42. The molecular weight excluding hydrogens is 232 g/mol. The van der Waals surface area contributed by atoms with Crippen LogP contribution < -0.4 is 5.32 Å². The van der Waals surface area contributed by atoms with Gasteiger partial charge in [-0.1, -0.05) is 20.8 Å². The predicted molar refractivity (Wildman–Crippen MR) is 83.5 cm³/mol. The zero-order chi connectivity index (χ0) is 14.3. The van der Waals surface area contributed by atoms with Crippen LogP contribution in [-0.2, 0) is 0 Å². The number of likely N-dealkylation sites (N-methyl/N-ethyl adjacent to an activating group) is 1. The Kier molecular flexibility index (Phi) is 4.32. The van der Waals surface area contributed by atoms with Crippen LogP contribution in [0.25, 0.3) is 0 Å². The molecule has 1 saturated heterocycles. The average Bonchev–Trinajstić information content (AvgIpc) is 2.66. The van der Waals surface area contributed by atoms with Gasteiger partial charge in [0.25, 0.3) is 0 Å². The van der Waals surface area contributed by atoms with Crippen molar-refractivity contribution >= 4 is 0 Å². The second-order valence-corrected chi connectivity index (χ2v) is 8.45. The van der Waals surface area contributed by atoms with Crippen molar-refractivity contribution in [1.29, 1.82) is 0 Å². The van der Waals surface area contributed by atoms with Crippen molar-refractivity contribution in [3.63, 3.8) is 0 Å². The molecule has 0 aromatic carbocycles. The van der Waals surface area contributed by atoms with Gasteiger partial charge in [0.1, 0.15) is 0 Å². The van der Waals surface area contributed by atoms with E-state index in [0.29, 0.717) is 17.0 Å². The summed E-state index contributed by atoms with van der Waals surface area (Å²) in [5.74, 6) is 0.874. The van der Waals surface area contributed by atoms with Crippen LogP contribution in [-0.4, -0.2) is 36.1 Å². The second kappa shape index (κ2) is 5.37. The molecule has 19 heavy (non-hydrogen) atoms. The van der Waals surface area contributed by atoms with Crippen LogP contribution in [0.2, 0.25) is 0 Å². The Hall–Kier alpha value is -0.0800. The number of nitrogens with zero attached hydrogens (tertiary/aromatic N) is 1. The quantitative estimate of drug-likeness (QED) is 0.820. The summed E-state index contributed by atoms with van der Waals surface area (Å²) >= 11 is 0. The molecule has 1 N–H and O–H groups in total. The fourth-order valence-electron chi connectivity index (χ4n) is 4.36. The molecule has 3 unspecified atom stereocenters. The molecule has 1 aliphatic carbocycles. The van der Waals surface area contributed by atoms with Gasteiger partial charge in [-0.3, -0.25) is 4.90 Å². The number of hydrogen-bond acceptors (Lipinski definition) is 2. The second-order valence-electron chi connectivity index (χ2n) is 8.45. The average molecular weight is 266 g/mol. The maximum absolute atomic E-state index is 3.60. The van der Waals surface area contributed by atoms with Crippen LogP contribution in [0, 0.1) is 11.3 Å². The van der Waals surface area contributed by atoms with E-state index < -0.39 is 0 Å². The first-order valence-corrected chi connectivity index (χ1v) is 8.20. The zero-order valence-electron chi connectivity index (χ0n) is 13.9. The molecular formula is C17H34N2. The van der Waals surface area contributed by atoms with Gasteiger partial charge in [0.2, 0.25) is 0 Å². The number of hydrogen-bond donors (Lipinski definition) is 1. The normalized spacial score (nSPS) is 36.6. The van der Waals surface area contributed by atoms with Crippen LogP contribution in [0.3, 0.4) is 0 Å². The van der Waals surface area contributed by atoms with E-state index in [0.717, 1.165) is 12.0 Å². The lowest BCUT2D eigenvalue weighted by atomic mass is 9.69. The summed E-state index contributed by atoms with van der Waals surface area (Å²) in [5.41, 5.74) is 0.861. The molecule has 0 aromatic rings. The molecule has 0 bridgehead atoms. The van der Waals surface area contributed by atoms with Gasteiger partial charge in [-0.2, -0.15) is 0 Å². The molecule has 2 aliphatic rings. The molecule has 112 valence electrons. The molecule has 2 nitrogen and oxygen atoms in total. The Bertz CT molecular complexity index is 303. The maximum atomic E-state index is 3.60. The lowest BCUT2D eigenvalue weighted by Crippen LogP contribution is -2.57. The van der Waals surface area contributed by atoms with Crippen LogP contribution in [0.1, 0.15) is 66.7 Å². The van der Waals surface area contributed by atoms with Crippen molar-refractivity contribution in [2.24, 2.45) is 11.3 Å². The van der Waals surface area contributed by atoms with E-state index in [1.807, 2.05) is 0 Å². The summed E-state index contributed by atoms with van der Waals surface area (Å²) in [6.07, 6.45) is 6.84. The van der Waals surface area contributed by atoms with Crippen molar-refractivity contribution in [2.45, 2.75) is 84.3 Å². The molecule has 3 atom stereocenters. The van der Waals surface area contributed by atoms with E-state index in [-0.39, 0.29) is 0 Å². The summed E-state index contributed by atoms with van der Waals surface area (Å²) in [6, 6.07) is 1.43. The monoisotopic (exact) mass is 266 g/mol. The van der Waals surface area contributed by atoms with Gasteiger partial charge in [-0.15, -0.1) is 0 Å². The molecule has 1 saturated carbocycles. The standard InChI is InChI=1S/C17H34N2/c1-16(2,3)13-8-9-14(18-6)15(12-13)19-11-7-10-17(19,4)5/h13-15,18H,7-12H2,1-6H3. The SMILES string of the molecule is CNC1CCC(C(C)(C)C)CC1N1CCCC1(C)C. The molecule has 1 aliphatic heterocycles. The van der Waals surface area contributed by atoms with Crippen molar-refractivity contribution in [3.05, 3.63) is 0 Å². The molecule has 0 amide bonds. The van der Waals surface area contributed by atoms with Crippen LogP contribution in [0.15, 0.2) is 0 Å². The Morgan fingerprint density at radius 1 is 1.16 bits per heavy atom. The Labute approximate surface area is 120 Å². The largest absolute Gasteiger partial charge is 0.315 e. The third-order valence-corrected chi connectivity index (χ3v) is 5.78. The van der Waals surface area contributed by atoms with Crippen molar-refractivity contribution in [3.8, 4) is 0 Å². The summed E-state index contributed by atoms with van der Waals surface area (Å²) in [5, 5.41) is 3.60. The van der Waals surface area contributed by atoms with E-state index in [4.69, 9.17) is 0 Å². The molecule has 0 radical (unpaired) electrons. The first-order valence-electron chi connectivity index (χ1n) is 8.20. The van der Waals surface area contributed by atoms with E-state index in [9.17, 15) is 0 Å². The molecule has 1 heterocycles. The van der Waals surface area contributed by atoms with E-state index in [1.54, 1.807) is 0 Å². The van der Waals surface area contributed by atoms with E-state index in [1.165, 1.54) is 38.6 Å². The summed E-state index contributed by atoms with van der Waals surface area (Å²) in [6.45, 7) is 13.4. The van der Waals surface area contributed by atoms with Gasteiger partial charge in [-0.05, 0) is 70.9 Å². The lowest BCUT2D eigenvalue weighted by molar-refractivity contribution is 0.0263. The van der Waals surface area contributed by atoms with Crippen molar-refractivity contribution in [2.75, 3.05) is 13.6 Å². The molecule has 2 fully saturated rings. The van der Waals surface area contributed by atoms with Gasteiger partial charge < -0.3 is 5.32 Å². The minimum Gasteiger partial charge on any atom is -0.315 e. The van der Waals surface area contributed by atoms with Crippen molar-refractivity contribution < 1.29 is 0 Å². The minimum absolute atomic E-state index is 0.402. The highest BCUT2D eigenvalue weighted by atomic mass is 15.3. The van der Waals surface area contributed by atoms with Crippen LogP contribution in [0.4, 0.5) is 0 Å². The molecule has 0 aromatic heterocycles. The van der Waals surface area contributed by atoms with Gasteiger partial charge in [0, 0.05) is 17.6 Å². The summed E-state index contributed by atoms with van der Waals surface area (Å²) in [7, 11) is 2.15. The third kappa shape index (κ3) is 3.16. The first kappa shape index (κ1) is 15.3. The van der Waals surface area contributed by atoms with Crippen LogP contribution >= 0.6 is 0 Å².